The summed E-state index contributed by atoms with van der Waals surface area (Å²) in [4.78, 5) is 4.60. The second-order valence-electron chi connectivity index (χ2n) is 3.65. The van der Waals surface area contributed by atoms with Gasteiger partial charge in [-0.1, -0.05) is 0 Å². The van der Waals surface area contributed by atoms with Crippen molar-refractivity contribution in [3.63, 3.8) is 0 Å². The number of hydrogen-bond acceptors (Lipinski definition) is 5. The van der Waals surface area contributed by atoms with Gasteiger partial charge >= 0.3 is 0 Å². The molecule has 0 aromatic carbocycles. The molecule has 0 bridgehead atoms. The third kappa shape index (κ3) is 3.26. The Balaban J connectivity index is 3.03. The predicted molar refractivity (Wildman–Crippen MR) is 65.8 cm³/mol. The van der Waals surface area contributed by atoms with Crippen LogP contribution < -0.4 is 10.1 Å². The Morgan fingerprint density at radius 1 is 1.44 bits per heavy atom. The van der Waals surface area contributed by atoms with Gasteiger partial charge in [0.1, 0.15) is 0 Å². The second kappa shape index (κ2) is 5.24. The molecule has 0 aliphatic rings. The van der Waals surface area contributed by atoms with Crippen molar-refractivity contribution in [1.82, 2.24) is 15.2 Å². The quantitative estimate of drug-likeness (QED) is 0.761. The van der Waals surface area contributed by atoms with Crippen LogP contribution in [0.15, 0.2) is 11.0 Å². The molecule has 92 valence electrons. The highest BCUT2D eigenvalue weighted by Crippen LogP contribution is 2.25. The Morgan fingerprint density at radius 2 is 2.06 bits per heavy atom. The molecule has 0 spiro atoms. The summed E-state index contributed by atoms with van der Waals surface area (Å²) in [6.45, 7) is 2.50. The third-order valence-corrected chi connectivity index (χ3v) is 4.65. The monoisotopic (exact) mass is 263 g/mol. The Labute approximate surface area is 100 Å². The Morgan fingerprint density at radius 3 is 2.56 bits per heavy atom. The summed E-state index contributed by atoms with van der Waals surface area (Å²) >= 11 is 1.49. The minimum absolute atomic E-state index is 0.358. The van der Waals surface area contributed by atoms with Crippen LogP contribution in [-0.2, 0) is 16.6 Å². The number of nitrogens with one attached hydrogen (secondary N) is 2. The van der Waals surface area contributed by atoms with Crippen LogP contribution in [0.2, 0.25) is 0 Å². The molecular weight excluding hydrogens is 246 g/mol. The molecule has 0 unspecified atom stereocenters. The molecule has 0 saturated carbocycles. The van der Waals surface area contributed by atoms with E-state index >= 15 is 0 Å². The van der Waals surface area contributed by atoms with Crippen LogP contribution >= 0.6 is 11.3 Å². The van der Waals surface area contributed by atoms with Crippen molar-refractivity contribution in [2.45, 2.75) is 18.4 Å². The zero-order valence-corrected chi connectivity index (χ0v) is 11.5. The average Bonchev–Trinajstić information content (AvgIpc) is 2.45. The number of sulfonamides is 1. The molecule has 0 aliphatic heterocycles. The van der Waals surface area contributed by atoms with Crippen molar-refractivity contribution in [2.75, 3.05) is 21.1 Å². The maximum absolute atomic E-state index is 11.9. The van der Waals surface area contributed by atoms with Gasteiger partial charge in [-0.25, -0.2) is 13.4 Å². The number of hydrazine groups is 1. The largest absolute Gasteiger partial charge is 0.315 e. The van der Waals surface area contributed by atoms with Gasteiger partial charge < -0.3 is 5.32 Å². The van der Waals surface area contributed by atoms with E-state index in [2.05, 4.69) is 10.1 Å². The number of hydrogen-bond donors (Lipinski definition) is 2. The Hall–Kier alpha value is -0.470. The molecule has 0 aliphatic carbocycles. The van der Waals surface area contributed by atoms with Gasteiger partial charge in [0.05, 0.1) is 4.90 Å². The SMILES string of the molecule is CNCc1cc(S(=O)(=O)NN(C)C)c(C)s1. The first kappa shape index (κ1) is 13.6. The van der Waals surface area contributed by atoms with E-state index in [0.29, 0.717) is 11.4 Å². The van der Waals surface area contributed by atoms with E-state index in [-0.39, 0.29) is 0 Å². The number of aryl methyl sites for hydroxylation is 1. The van der Waals surface area contributed by atoms with Gasteiger partial charge in [-0.3, -0.25) is 0 Å². The first-order chi connectivity index (χ1) is 7.36. The highest BCUT2D eigenvalue weighted by molar-refractivity contribution is 7.89. The van der Waals surface area contributed by atoms with Crippen LogP contribution in [0.3, 0.4) is 0 Å². The summed E-state index contributed by atoms with van der Waals surface area (Å²) in [7, 11) is 1.70. The number of rotatable bonds is 5. The van der Waals surface area contributed by atoms with Crippen molar-refractivity contribution in [2.24, 2.45) is 0 Å². The Kier molecular flexibility index (Phi) is 4.45. The lowest BCUT2D eigenvalue weighted by Gasteiger charge is -2.11. The zero-order chi connectivity index (χ0) is 12.3. The summed E-state index contributed by atoms with van der Waals surface area (Å²) in [5.74, 6) is 0. The van der Waals surface area contributed by atoms with Crippen LogP contribution in [0.25, 0.3) is 0 Å². The number of thiophene rings is 1. The van der Waals surface area contributed by atoms with Crippen LogP contribution in [0.1, 0.15) is 9.75 Å². The van der Waals surface area contributed by atoms with Crippen molar-refractivity contribution in [3.8, 4) is 0 Å². The van der Waals surface area contributed by atoms with Gasteiger partial charge in [0.2, 0.25) is 0 Å². The van der Waals surface area contributed by atoms with Gasteiger partial charge in [-0.05, 0) is 20.0 Å². The minimum Gasteiger partial charge on any atom is -0.315 e. The van der Waals surface area contributed by atoms with E-state index < -0.39 is 10.0 Å². The standard InChI is InChI=1S/C9H17N3O2S2/c1-7-9(5-8(15-7)6-10-2)16(13,14)11-12(3)4/h5,10-11H,6H2,1-4H3. The van der Waals surface area contributed by atoms with Crippen molar-refractivity contribution >= 4 is 21.4 Å². The van der Waals surface area contributed by atoms with Crippen LogP contribution in [-0.4, -0.2) is 34.6 Å². The van der Waals surface area contributed by atoms with Crippen LogP contribution in [0, 0.1) is 6.92 Å². The van der Waals surface area contributed by atoms with E-state index in [4.69, 9.17) is 0 Å². The summed E-state index contributed by atoms with van der Waals surface area (Å²) in [6.07, 6.45) is 0. The van der Waals surface area contributed by atoms with Crippen molar-refractivity contribution in [3.05, 3.63) is 15.8 Å². The highest BCUT2D eigenvalue weighted by atomic mass is 32.2. The van der Waals surface area contributed by atoms with Gasteiger partial charge in [-0.15, -0.1) is 16.2 Å². The number of nitrogens with zero attached hydrogens (tertiary/aromatic N) is 1. The van der Waals surface area contributed by atoms with Gasteiger partial charge in [-0.2, -0.15) is 0 Å². The van der Waals surface area contributed by atoms with E-state index in [9.17, 15) is 8.42 Å². The smallest absolute Gasteiger partial charge is 0.254 e. The molecule has 2 N–H and O–H groups in total. The molecule has 0 atom stereocenters. The highest BCUT2D eigenvalue weighted by Gasteiger charge is 2.20. The fraction of sp³-hybridized carbons (Fsp3) is 0.556. The molecule has 1 aromatic heterocycles. The van der Waals surface area contributed by atoms with E-state index in [1.165, 1.54) is 16.3 Å². The summed E-state index contributed by atoms with van der Waals surface area (Å²) in [6, 6.07) is 1.71. The molecule has 7 heteroatoms. The molecule has 1 heterocycles. The molecule has 0 saturated heterocycles. The Bertz CT molecular complexity index is 451. The molecule has 0 fully saturated rings. The molecule has 0 radical (unpaired) electrons. The maximum Gasteiger partial charge on any atom is 0.254 e. The molecule has 1 aromatic rings. The van der Waals surface area contributed by atoms with Crippen molar-refractivity contribution in [1.29, 1.82) is 0 Å². The predicted octanol–water partition coefficient (Wildman–Crippen LogP) is 0.531. The van der Waals surface area contributed by atoms with Gasteiger partial charge in [0.25, 0.3) is 10.0 Å². The lowest BCUT2D eigenvalue weighted by atomic mass is 10.4. The fourth-order valence-electron chi connectivity index (χ4n) is 1.34. The van der Waals surface area contributed by atoms with E-state index in [1.807, 2.05) is 14.0 Å². The topological polar surface area (TPSA) is 61.4 Å². The maximum atomic E-state index is 11.9. The fourth-order valence-corrected chi connectivity index (χ4v) is 4.07. The summed E-state index contributed by atoms with van der Waals surface area (Å²) < 4.78 is 23.8. The van der Waals surface area contributed by atoms with Crippen molar-refractivity contribution < 1.29 is 8.42 Å². The van der Waals surface area contributed by atoms with E-state index in [0.717, 1.165) is 9.75 Å². The van der Waals surface area contributed by atoms with Crippen LogP contribution in [0.4, 0.5) is 0 Å². The lowest BCUT2D eigenvalue weighted by Crippen LogP contribution is -2.36. The van der Waals surface area contributed by atoms with E-state index in [1.54, 1.807) is 20.2 Å². The third-order valence-electron chi connectivity index (χ3n) is 1.87. The molecule has 1 rings (SSSR count). The summed E-state index contributed by atoms with van der Waals surface area (Å²) in [5, 5.41) is 4.42. The first-order valence-electron chi connectivity index (χ1n) is 4.80. The van der Waals surface area contributed by atoms with Crippen LogP contribution in [0.5, 0.6) is 0 Å². The molecule has 16 heavy (non-hydrogen) atoms. The van der Waals surface area contributed by atoms with Gasteiger partial charge in [0.15, 0.2) is 0 Å². The minimum atomic E-state index is -3.43. The molecule has 0 amide bonds. The summed E-state index contributed by atoms with van der Waals surface area (Å²) in [5.41, 5.74) is 0. The first-order valence-corrected chi connectivity index (χ1v) is 7.10. The van der Waals surface area contributed by atoms with Gasteiger partial charge in [0, 0.05) is 30.4 Å². The molecular formula is C9H17N3O2S2. The lowest BCUT2D eigenvalue weighted by molar-refractivity contribution is 0.364. The zero-order valence-electron chi connectivity index (χ0n) is 9.86. The second-order valence-corrected chi connectivity index (χ2v) is 6.62. The normalized spacial score (nSPS) is 12.3. The average molecular weight is 263 g/mol. The molecule has 5 nitrogen and oxygen atoms in total.